The third-order valence-electron chi connectivity index (χ3n) is 3.62. The quantitative estimate of drug-likeness (QED) is 0.823. The Kier molecular flexibility index (Phi) is 5.93. The Balaban J connectivity index is 0.00000144. The molecule has 1 aliphatic rings. The summed E-state index contributed by atoms with van der Waals surface area (Å²) in [5.74, 6) is 1.54. The zero-order valence-corrected chi connectivity index (χ0v) is 11.6. The molecule has 0 saturated heterocycles. The van der Waals surface area contributed by atoms with Crippen LogP contribution in [0.4, 0.5) is 0 Å². The van der Waals surface area contributed by atoms with E-state index >= 15 is 0 Å². The first-order chi connectivity index (χ1) is 7.77. The summed E-state index contributed by atoms with van der Waals surface area (Å²) in [6.07, 6.45) is 9.41. The summed E-state index contributed by atoms with van der Waals surface area (Å²) in [4.78, 5) is 6.58. The maximum Gasteiger partial charge on any atom is 0.0302 e. The molecular weight excluding hydrogens is 232 g/mol. The first-order valence-corrected chi connectivity index (χ1v) is 6.32. The number of halogens is 1. The maximum absolute atomic E-state index is 4.26. The molecule has 0 amide bonds. The van der Waals surface area contributed by atoms with Crippen LogP contribution in [0, 0.1) is 5.92 Å². The summed E-state index contributed by atoms with van der Waals surface area (Å²) in [6, 6.07) is 4.31. The lowest BCUT2D eigenvalue weighted by molar-refractivity contribution is 0.233. The van der Waals surface area contributed by atoms with Crippen molar-refractivity contribution in [2.24, 2.45) is 5.92 Å². The van der Waals surface area contributed by atoms with E-state index in [0.29, 0.717) is 0 Å². The Labute approximate surface area is 111 Å². The average molecular weight is 255 g/mol. The van der Waals surface area contributed by atoms with Crippen LogP contribution in [0.1, 0.15) is 37.2 Å². The molecule has 2 nitrogen and oxygen atoms in total. The summed E-state index contributed by atoms with van der Waals surface area (Å²) in [7, 11) is 4.35. The highest BCUT2D eigenvalue weighted by Crippen LogP contribution is 2.37. The fraction of sp³-hybridized carbons (Fsp3) is 0.643. The maximum atomic E-state index is 4.26. The second-order valence-electron chi connectivity index (χ2n) is 5.20. The van der Waals surface area contributed by atoms with Gasteiger partial charge in [0.1, 0.15) is 0 Å². The van der Waals surface area contributed by atoms with Gasteiger partial charge in [-0.15, -0.1) is 12.4 Å². The van der Waals surface area contributed by atoms with Crippen LogP contribution in [0.2, 0.25) is 0 Å². The minimum atomic E-state index is 0. The van der Waals surface area contributed by atoms with Crippen LogP contribution < -0.4 is 0 Å². The number of hydrogen-bond donors (Lipinski definition) is 0. The van der Waals surface area contributed by atoms with Gasteiger partial charge in [0.15, 0.2) is 0 Å². The molecule has 3 heteroatoms. The molecule has 0 spiro atoms. The summed E-state index contributed by atoms with van der Waals surface area (Å²) < 4.78 is 0. The van der Waals surface area contributed by atoms with Crippen LogP contribution in [0.25, 0.3) is 0 Å². The molecule has 2 atom stereocenters. The molecular formula is C14H23ClN2. The highest BCUT2D eigenvalue weighted by molar-refractivity contribution is 5.85. The molecule has 1 saturated carbocycles. The van der Waals surface area contributed by atoms with Crippen molar-refractivity contribution in [2.45, 2.75) is 31.6 Å². The zero-order chi connectivity index (χ0) is 11.4. The van der Waals surface area contributed by atoms with Gasteiger partial charge in [0, 0.05) is 18.9 Å². The Hall–Kier alpha value is -0.600. The summed E-state index contributed by atoms with van der Waals surface area (Å²) >= 11 is 0. The van der Waals surface area contributed by atoms with Gasteiger partial charge in [0.05, 0.1) is 0 Å². The minimum absolute atomic E-state index is 0. The van der Waals surface area contributed by atoms with Crippen molar-refractivity contribution in [2.75, 3.05) is 20.6 Å². The van der Waals surface area contributed by atoms with Gasteiger partial charge in [-0.3, -0.25) is 4.98 Å². The van der Waals surface area contributed by atoms with Crippen molar-refractivity contribution >= 4 is 12.4 Å². The van der Waals surface area contributed by atoms with Gasteiger partial charge >= 0.3 is 0 Å². The summed E-state index contributed by atoms with van der Waals surface area (Å²) in [5.41, 5.74) is 1.44. The number of nitrogens with zero attached hydrogens (tertiary/aromatic N) is 2. The fourth-order valence-corrected chi connectivity index (χ4v) is 2.93. The van der Waals surface area contributed by atoms with Gasteiger partial charge in [-0.1, -0.05) is 18.9 Å². The smallest absolute Gasteiger partial charge is 0.0302 e. The van der Waals surface area contributed by atoms with E-state index in [0.717, 1.165) is 11.8 Å². The molecule has 0 radical (unpaired) electrons. The van der Waals surface area contributed by atoms with E-state index in [2.05, 4.69) is 42.3 Å². The van der Waals surface area contributed by atoms with Crippen molar-refractivity contribution < 1.29 is 0 Å². The zero-order valence-electron chi connectivity index (χ0n) is 10.8. The molecule has 96 valence electrons. The van der Waals surface area contributed by atoms with E-state index < -0.39 is 0 Å². The number of hydrogen-bond acceptors (Lipinski definition) is 2. The lowest BCUT2D eigenvalue weighted by Crippen LogP contribution is -2.28. The largest absolute Gasteiger partial charge is 0.309 e. The summed E-state index contributed by atoms with van der Waals surface area (Å²) in [5, 5.41) is 0. The van der Waals surface area contributed by atoms with Gasteiger partial charge in [-0.2, -0.15) is 0 Å². The third kappa shape index (κ3) is 3.97. The van der Waals surface area contributed by atoms with E-state index in [-0.39, 0.29) is 12.4 Å². The number of aromatic nitrogens is 1. The third-order valence-corrected chi connectivity index (χ3v) is 3.62. The van der Waals surface area contributed by atoms with Crippen molar-refractivity contribution in [1.82, 2.24) is 9.88 Å². The second kappa shape index (κ2) is 6.97. The van der Waals surface area contributed by atoms with Crippen LogP contribution in [0.15, 0.2) is 24.5 Å². The van der Waals surface area contributed by atoms with Crippen molar-refractivity contribution in [1.29, 1.82) is 0 Å². The van der Waals surface area contributed by atoms with E-state index in [1.54, 1.807) is 0 Å². The predicted molar refractivity (Wildman–Crippen MR) is 74.7 cm³/mol. The van der Waals surface area contributed by atoms with Gasteiger partial charge in [0.2, 0.25) is 0 Å². The van der Waals surface area contributed by atoms with Crippen LogP contribution >= 0.6 is 12.4 Å². The Morgan fingerprint density at radius 1 is 1.29 bits per heavy atom. The van der Waals surface area contributed by atoms with E-state index in [1.165, 1.54) is 37.8 Å². The lowest BCUT2D eigenvalue weighted by Gasteiger charge is -2.33. The molecule has 0 N–H and O–H groups in total. The summed E-state index contributed by atoms with van der Waals surface area (Å²) in [6.45, 7) is 1.21. The topological polar surface area (TPSA) is 16.1 Å². The molecule has 1 aromatic heterocycles. The molecule has 1 fully saturated rings. The Morgan fingerprint density at radius 2 is 2.06 bits per heavy atom. The molecule has 0 aromatic carbocycles. The molecule has 17 heavy (non-hydrogen) atoms. The van der Waals surface area contributed by atoms with Gasteiger partial charge < -0.3 is 4.90 Å². The lowest BCUT2D eigenvalue weighted by atomic mass is 9.76. The molecule has 1 aromatic rings. The first-order valence-electron chi connectivity index (χ1n) is 6.32. The highest BCUT2D eigenvalue weighted by Gasteiger charge is 2.26. The van der Waals surface area contributed by atoms with E-state index in [4.69, 9.17) is 0 Å². The molecule has 1 aliphatic carbocycles. The molecule has 1 heterocycles. The van der Waals surface area contributed by atoms with Crippen molar-refractivity contribution in [3.05, 3.63) is 30.1 Å². The Morgan fingerprint density at radius 3 is 2.71 bits per heavy atom. The molecule has 0 bridgehead atoms. The fourth-order valence-electron chi connectivity index (χ4n) is 2.93. The van der Waals surface area contributed by atoms with Gasteiger partial charge in [0.25, 0.3) is 0 Å². The van der Waals surface area contributed by atoms with Crippen molar-refractivity contribution in [3.8, 4) is 0 Å². The van der Waals surface area contributed by atoms with E-state index in [1.807, 2.05) is 6.20 Å². The number of pyridine rings is 1. The Bertz CT molecular complexity index is 313. The second-order valence-corrected chi connectivity index (χ2v) is 5.20. The van der Waals surface area contributed by atoms with Crippen LogP contribution in [0.5, 0.6) is 0 Å². The standard InChI is InChI=1S/C14H22N2.ClH/c1-16(2)11-13-6-3-4-8-14(13)12-7-5-9-15-10-12;/h5,7,9-10,13-14H,3-4,6,8,11H2,1-2H3;1H. The monoisotopic (exact) mass is 254 g/mol. The number of rotatable bonds is 3. The first kappa shape index (κ1) is 14.5. The minimum Gasteiger partial charge on any atom is -0.309 e. The highest BCUT2D eigenvalue weighted by atomic mass is 35.5. The van der Waals surface area contributed by atoms with Gasteiger partial charge in [-0.05, 0) is 50.4 Å². The van der Waals surface area contributed by atoms with Gasteiger partial charge in [-0.25, -0.2) is 0 Å². The molecule has 2 rings (SSSR count). The molecule has 0 aliphatic heterocycles. The SMILES string of the molecule is CN(C)CC1CCCCC1c1cccnc1.Cl. The molecule has 2 unspecified atom stereocenters. The van der Waals surface area contributed by atoms with Crippen molar-refractivity contribution in [3.63, 3.8) is 0 Å². The van der Waals surface area contributed by atoms with Crippen LogP contribution in [0.3, 0.4) is 0 Å². The average Bonchev–Trinajstić information content (AvgIpc) is 2.30. The van der Waals surface area contributed by atoms with Crippen LogP contribution in [-0.2, 0) is 0 Å². The van der Waals surface area contributed by atoms with Crippen LogP contribution in [-0.4, -0.2) is 30.5 Å². The predicted octanol–water partition coefficient (Wildman–Crippen LogP) is 3.34. The normalized spacial score (nSPS) is 24.4. The van der Waals surface area contributed by atoms with E-state index in [9.17, 15) is 0 Å².